The smallest absolute Gasteiger partial charge is 1.00 e. The van der Waals surface area contributed by atoms with Crippen LogP contribution in [0, 0.1) is 6.92 Å². The molecule has 0 aliphatic carbocycles. The van der Waals surface area contributed by atoms with Gasteiger partial charge in [-0.25, -0.2) is 0 Å². The second-order valence-corrected chi connectivity index (χ2v) is 2.02. The SMILES string of the molecule is COc1cccc(C)c1.[H-].[H-].[Mg+2]. The normalized spacial score (nSPS) is 8.20. The van der Waals surface area contributed by atoms with Crippen molar-refractivity contribution in [1.29, 1.82) is 0 Å². The molecule has 0 heterocycles. The molecule has 0 fully saturated rings. The molecule has 2 heteroatoms. The summed E-state index contributed by atoms with van der Waals surface area (Å²) in [5.74, 6) is 0.926. The van der Waals surface area contributed by atoms with Gasteiger partial charge in [-0.3, -0.25) is 0 Å². The first-order chi connectivity index (χ1) is 4.33. The summed E-state index contributed by atoms with van der Waals surface area (Å²) in [4.78, 5) is 0. The molecule has 0 radical (unpaired) electrons. The Labute approximate surface area is 80.5 Å². The minimum atomic E-state index is 0. The fourth-order valence-electron chi connectivity index (χ4n) is 0.742. The molecule has 1 aromatic rings. The van der Waals surface area contributed by atoms with Gasteiger partial charge in [-0.15, -0.1) is 0 Å². The van der Waals surface area contributed by atoms with E-state index in [2.05, 4.69) is 0 Å². The zero-order valence-electron chi connectivity index (χ0n) is 8.42. The monoisotopic (exact) mass is 148 g/mol. The van der Waals surface area contributed by atoms with E-state index in [9.17, 15) is 0 Å². The summed E-state index contributed by atoms with van der Waals surface area (Å²) in [6, 6.07) is 7.96. The Bertz CT molecular complexity index is 206. The summed E-state index contributed by atoms with van der Waals surface area (Å²) in [6.07, 6.45) is 0. The fraction of sp³-hybridized carbons (Fsp3) is 0.250. The first-order valence-corrected chi connectivity index (χ1v) is 2.93. The molecule has 0 unspecified atom stereocenters. The molecule has 0 aromatic heterocycles. The second-order valence-electron chi connectivity index (χ2n) is 2.02. The third-order valence-corrected chi connectivity index (χ3v) is 1.23. The molecule has 0 saturated heterocycles. The van der Waals surface area contributed by atoms with Crippen LogP contribution in [0.4, 0.5) is 0 Å². The Morgan fingerprint density at radius 2 is 2.10 bits per heavy atom. The molecule has 0 aliphatic heterocycles. The number of methoxy groups -OCH3 is 1. The van der Waals surface area contributed by atoms with Gasteiger partial charge >= 0.3 is 23.1 Å². The van der Waals surface area contributed by atoms with Gasteiger partial charge in [-0.05, 0) is 24.6 Å². The molecular weight excluding hydrogens is 136 g/mol. The van der Waals surface area contributed by atoms with Crippen LogP contribution in [0.5, 0.6) is 5.75 Å². The molecule has 0 aliphatic rings. The summed E-state index contributed by atoms with van der Waals surface area (Å²) >= 11 is 0. The van der Waals surface area contributed by atoms with E-state index >= 15 is 0 Å². The van der Waals surface area contributed by atoms with E-state index in [0.29, 0.717) is 0 Å². The van der Waals surface area contributed by atoms with Crippen LogP contribution in [0.15, 0.2) is 24.3 Å². The Hall–Kier alpha value is -0.214. The van der Waals surface area contributed by atoms with Crippen molar-refractivity contribution < 1.29 is 7.59 Å². The minimum Gasteiger partial charge on any atom is -1.00 e. The van der Waals surface area contributed by atoms with Crippen LogP contribution in [-0.4, -0.2) is 30.2 Å². The average Bonchev–Trinajstić information content (AvgIpc) is 1.88. The van der Waals surface area contributed by atoms with Crippen LogP contribution in [0.3, 0.4) is 0 Å². The van der Waals surface area contributed by atoms with Crippen LogP contribution in [0.2, 0.25) is 0 Å². The summed E-state index contributed by atoms with van der Waals surface area (Å²) in [6.45, 7) is 2.04. The standard InChI is InChI=1S/C8H10O.Mg.2H/c1-7-4-3-5-8(6-7)9-2;;;/h3-6H,1-2H3;;;/q;+2;2*-1. The minimum absolute atomic E-state index is 0. The van der Waals surface area contributed by atoms with Gasteiger partial charge in [0.15, 0.2) is 0 Å². The van der Waals surface area contributed by atoms with Gasteiger partial charge in [0.2, 0.25) is 0 Å². The predicted octanol–water partition coefficient (Wildman–Crippen LogP) is 1.85. The molecule has 0 bridgehead atoms. The van der Waals surface area contributed by atoms with Gasteiger partial charge < -0.3 is 7.59 Å². The molecular formula is C8H12MgO. The Balaban J connectivity index is -0.000000270. The number of benzene rings is 1. The van der Waals surface area contributed by atoms with Crippen molar-refractivity contribution in [2.24, 2.45) is 0 Å². The molecule has 0 atom stereocenters. The quantitative estimate of drug-likeness (QED) is 0.553. The van der Waals surface area contributed by atoms with Crippen LogP contribution < -0.4 is 4.74 Å². The summed E-state index contributed by atoms with van der Waals surface area (Å²) < 4.78 is 5.00. The Kier molecular flexibility index (Phi) is 4.48. The van der Waals surface area contributed by atoms with Crippen molar-refractivity contribution in [2.75, 3.05) is 7.11 Å². The average molecular weight is 148 g/mol. The van der Waals surface area contributed by atoms with Crippen molar-refractivity contribution in [2.45, 2.75) is 6.92 Å². The molecule has 0 amide bonds. The molecule has 1 nitrogen and oxygen atoms in total. The van der Waals surface area contributed by atoms with Crippen LogP contribution in [0.1, 0.15) is 8.42 Å². The maximum atomic E-state index is 5.00. The maximum Gasteiger partial charge on any atom is 2.00 e. The number of ether oxygens (including phenoxy) is 1. The number of hydrogen-bond donors (Lipinski definition) is 0. The summed E-state index contributed by atoms with van der Waals surface area (Å²) in [7, 11) is 1.68. The van der Waals surface area contributed by atoms with Gasteiger partial charge in [-0.2, -0.15) is 0 Å². The van der Waals surface area contributed by atoms with Gasteiger partial charge in [0, 0.05) is 0 Å². The molecule has 1 aromatic carbocycles. The van der Waals surface area contributed by atoms with Crippen molar-refractivity contribution in [3.8, 4) is 5.75 Å². The molecule has 0 spiro atoms. The summed E-state index contributed by atoms with van der Waals surface area (Å²) in [5, 5.41) is 0. The number of hydrogen-bond acceptors (Lipinski definition) is 1. The van der Waals surface area contributed by atoms with E-state index in [1.807, 2.05) is 31.2 Å². The first kappa shape index (κ1) is 9.79. The zero-order chi connectivity index (χ0) is 6.69. The Morgan fingerprint density at radius 1 is 1.40 bits per heavy atom. The topological polar surface area (TPSA) is 9.23 Å². The largest absolute Gasteiger partial charge is 2.00 e. The van der Waals surface area contributed by atoms with Gasteiger partial charge in [0.05, 0.1) is 7.11 Å². The predicted molar refractivity (Wildman–Crippen MR) is 45.7 cm³/mol. The van der Waals surface area contributed by atoms with Crippen molar-refractivity contribution in [3.05, 3.63) is 29.8 Å². The van der Waals surface area contributed by atoms with Crippen LogP contribution >= 0.6 is 0 Å². The third-order valence-electron chi connectivity index (χ3n) is 1.23. The first-order valence-electron chi connectivity index (χ1n) is 2.93. The maximum absolute atomic E-state index is 5.00. The van der Waals surface area contributed by atoms with Gasteiger partial charge in [-0.1, -0.05) is 12.1 Å². The van der Waals surface area contributed by atoms with E-state index in [1.54, 1.807) is 7.11 Å². The van der Waals surface area contributed by atoms with E-state index < -0.39 is 0 Å². The van der Waals surface area contributed by atoms with Gasteiger partial charge in [0.25, 0.3) is 0 Å². The number of aryl methyl sites for hydroxylation is 1. The molecule has 1 rings (SSSR count). The van der Waals surface area contributed by atoms with Gasteiger partial charge in [0.1, 0.15) is 5.75 Å². The van der Waals surface area contributed by atoms with Crippen LogP contribution in [0.25, 0.3) is 0 Å². The third kappa shape index (κ3) is 2.58. The zero-order valence-corrected chi connectivity index (χ0v) is 7.84. The molecule has 52 valence electrons. The van der Waals surface area contributed by atoms with E-state index in [4.69, 9.17) is 4.74 Å². The molecule has 0 saturated carbocycles. The fourth-order valence-corrected chi connectivity index (χ4v) is 0.742. The van der Waals surface area contributed by atoms with E-state index in [0.717, 1.165) is 5.75 Å². The summed E-state index contributed by atoms with van der Waals surface area (Å²) in [5.41, 5.74) is 1.23. The Morgan fingerprint density at radius 3 is 2.50 bits per heavy atom. The van der Waals surface area contributed by atoms with Crippen molar-refractivity contribution in [1.82, 2.24) is 0 Å². The second kappa shape index (κ2) is 4.58. The van der Waals surface area contributed by atoms with Crippen LogP contribution in [-0.2, 0) is 0 Å². The van der Waals surface area contributed by atoms with E-state index in [-0.39, 0.29) is 25.9 Å². The van der Waals surface area contributed by atoms with E-state index in [1.165, 1.54) is 5.56 Å². The van der Waals surface area contributed by atoms with Crippen molar-refractivity contribution >= 4 is 23.1 Å². The number of rotatable bonds is 1. The molecule has 10 heavy (non-hydrogen) atoms. The van der Waals surface area contributed by atoms with Crippen molar-refractivity contribution in [3.63, 3.8) is 0 Å². The molecule has 0 N–H and O–H groups in total.